The smallest absolute Gasteiger partial charge is 0.0996 e. The first kappa shape index (κ1) is 10.6. The zero-order chi connectivity index (χ0) is 10.6. The van der Waals surface area contributed by atoms with Crippen molar-refractivity contribution in [2.75, 3.05) is 0 Å². The zero-order valence-electron chi connectivity index (χ0n) is 8.59. The summed E-state index contributed by atoms with van der Waals surface area (Å²) in [7, 11) is 2.10. The molecular formula is C13H14B. The fraction of sp³-hybridized carbons (Fsp3) is 0.0769. The van der Waals surface area contributed by atoms with Gasteiger partial charge in [-0.05, 0) is 18.1 Å². The summed E-state index contributed by atoms with van der Waals surface area (Å²) in [4.78, 5) is 0. The summed E-state index contributed by atoms with van der Waals surface area (Å²) in [6, 6.07) is 0. The molecule has 0 amide bonds. The molecule has 1 radical (unpaired) electrons. The van der Waals surface area contributed by atoms with Gasteiger partial charge in [0.25, 0.3) is 0 Å². The molecule has 0 aromatic rings. The van der Waals surface area contributed by atoms with Gasteiger partial charge in [-0.15, -0.1) is 0 Å². The van der Waals surface area contributed by atoms with E-state index < -0.39 is 0 Å². The Balaban J connectivity index is 3.21. The van der Waals surface area contributed by atoms with Crippen LogP contribution in [0.2, 0.25) is 0 Å². The van der Waals surface area contributed by atoms with E-state index in [0.29, 0.717) is 0 Å². The summed E-state index contributed by atoms with van der Waals surface area (Å²) in [5.41, 5.74) is 4.53. The monoisotopic (exact) mass is 181 g/mol. The highest BCUT2D eigenvalue weighted by atomic mass is 14.1. The maximum absolute atomic E-state index is 3.81. The lowest BCUT2D eigenvalue weighted by Crippen LogP contribution is -1.91. The molecule has 0 unspecified atom stereocenters. The average molecular weight is 181 g/mol. The van der Waals surface area contributed by atoms with Crippen molar-refractivity contribution in [3.05, 3.63) is 72.2 Å². The highest BCUT2D eigenvalue weighted by molar-refractivity contribution is 6.58. The standard InChI is InChI=1S/C13H14B/c1-5-9-13-11(7-3)10(6-2)12(8-4)14-13/h5-9H,2-4H2,1H3/b9-5-. The van der Waals surface area contributed by atoms with Crippen LogP contribution in [0.4, 0.5) is 0 Å². The molecule has 1 heterocycles. The van der Waals surface area contributed by atoms with Gasteiger partial charge in [-0.3, -0.25) is 0 Å². The molecule has 0 aliphatic carbocycles. The number of allylic oxidation sites excluding steroid dienone is 9. The van der Waals surface area contributed by atoms with Crippen LogP contribution in [-0.2, 0) is 0 Å². The Morgan fingerprint density at radius 3 is 1.93 bits per heavy atom. The van der Waals surface area contributed by atoms with Crippen molar-refractivity contribution in [1.29, 1.82) is 0 Å². The Morgan fingerprint density at radius 2 is 1.50 bits per heavy atom. The fourth-order valence-electron chi connectivity index (χ4n) is 1.58. The molecule has 0 N–H and O–H groups in total. The molecule has 0 saturated carbocycles. The third-order valence-corrected chi connectivity index (χ3v) is 2.20. The van der Waals surface area contributed by atoms with Crippen LogP contribution in [0.1, 0.15) is 6.92 Å². The molecule has 1 heteroatoms. The molecule has 69 valence electrons. The molecule has 0 nitrogen and oxygen atoms in total. The predicted octanol–water partition coefficient (Wildman–Crippen LogP) is 3.35. The first-order chi connectivity index (χ1) is 6.78. The van der Waals surface area contributed by atoms with Crippen molar-refractivity contribution >= 4 is 7.28 Å². The van der Waals surface area contributed by atoms with Crippen LogP contribution in [0.15, 0.2) is 72.2 Å². The summed E-state index contributed by atoms with van der Waals surface area (Å²) < 4.78 is 0. The van der Waals surface area contributed by atoms with E-state index >= 15 is 0 Å². The van der Waals surface area contributed by atoms with Crippen LogP contribution in [0.3, 0.4) is 0 Å². The van der Waals surface area contributed by atoms with E-state index in [4.69, 9.17) is 0 Å². The van der Waals surface area contributed by atoms with Crippen molar-refractivity contribution < 1.29 is 0 Å². The molecule has 0 atom stereocenters. The third kappa shape index (κ3) is 1.72. The minimum Gasteiger partial charge on any atom is -0.0996 e. The van der Waals surface area contributed by atoms with Gasteiger partial charge in [0.2, 0.25) is 0 Å². The molecule has 1 rings (SSSR count). The summed E-state index contributed by atoms with van der Waals surface area (Å²) >= 11 is 0. The zero-order valence-corrected chi connectivity index (χ0v) is 8.59. The Morgan fingerprint density at radius 1 is 0.929 bits per heavy atom. The van der Waals surface area contributed by atoms with Gasteiger partial charge in [0, 0.05) is 0 Å². The molecule has 0 aromatic carbocycles. The van der Waals surface area contributed by atoms with Gasteiger partial charge < -0.3 is 0 Å². The highest BCUT2D eigenvalue weighted by Gasteiger charge is 2.17. The van der Waals surface area contributed by atoms with E-state index in [-0.39, 0.29) is 0 Å². The first-order valence-electron chi connectivity index (χ1n) is 4.62. The summed E-state index contributed by atoms with van der Waals surface area (Å²) in [5, 5.41) is 0. The van der Waals surface area contributed by atoms with E-state index in [9.17, 15) is 0 Å². The SMILES string of the molecule is C=CC1=C(C=C)C(C=C)=C(/C=C\C)[B]1. The highest BCUT2D eigenvalue weighted by Crippen LogP contribution is 2.29. The first-order valence-corrected chi connectivity index (χ1v) is 4.62. The lowest BCUT2D eigenvalue weighted by atomic mass is 9.65. The van der Waals surface area contributed by atoms with Gasteiger partial charge in [0.1, 0.15) is 0 Å². The molecule has 0 bridgehead atoms. The Kier molecular flexibility index (Phi) is 3.52. The Bertz CT molecular complexity index is 365. The molecule has 0 spiro atoms. The van der Waals surface area contributed by atoms with Crippen molar-refractivity contribution in [1.82, 2.24) is 0 Å². The van der Waals surface area contributed by atoms with Crippen molar-refractivity contribution in [2.45, 2.75) is 6.92 Å². The summed E-state index contributed by atoms with van der Waals surface area (Å²) in [6.45, 7) is 13.4. The van der Waals surface area contributed by atoms with E-state index in [2.05, 4.69) is 33.1 Å². The molecule has 0 saturated heterocycles. The van der Waals surface area contributed by atoms with E-state index in [1.807, 2.05) is 31.2 Å². The van der Waals surface area contributed by atoms with Crippen LogP contribution >= 0.6 is 0 Å². The van der Waals surface area contributed by atoms with Gasteiger partial charge in [-0.25, -0.2) is 0 Å². The minimum atomic E-state index is 1.11. The van der Waals surface area contributed by atoms with Crippen molar-refractivity contribution in [3.8, 4) is 0 Å². The van der Waals surface area contributed by atoms with Gasteiger partial charge >= 0.3 is 0 Å². The molecule has 1 aliphatic heterocycles. The lowest BCUT2D eigenvalue weighted by Gasteiger charge is -2.00. The topological polar surface area (TPSA) is 0 Å². The fourth-order valence-corrected chi connectivity index (χ4v) is 1.58. The van der Waals surface area contributed by atoms with Crippen molar-refractivity contribution in [2.24, 2.45) is 0 Å². The predicted molar refractivity (Wildman–Crippen MR) is 65.2 cm³/mol. The molecule has 0 fully saturated rings. The second-order valence-electron chi connectivity index (χ2n) is 2.99. The number of hydrogen-bond acceptors (Lipinski definition) is 0. The maximum Gasteiger partial charge on any atom is 0.192 e. The number of hydrogen-bond donors (Lipinski definition) is 0. The second-order valence-corrected chi connectivity index (χ2v) is 2.99. The Hall–Kier alpha value is -1.50. The van der Waals surface area contributed by atoms with Crippen LogP contribution < -0.4 is 0 Å². The van der Waals surface area contributed by atoms with Gasteiger partial charge in [-0.2, -0.15) is 0 Å². The summed E-state index contributed by atoms with van der Waals surface area (Å²) in [5.74, 6) is 0. The van der Waals surface area contributed by atoms with Gasteiger partial charge in [0.15, 0.2) is 7.28 Å². The molecule has 14 heavy (non-hydrogen) atoms. The van der Waals surface area contributed by atoms with Crippen LogP contribution in [-0.4, -0.2) is 7.28 Å². The van der Waals surface area contributed by atoms with E-state index in [0.717, 1.165) is 16.6 Å². The quantitative estimate of drug-likeness (QED) is 0.583. The van der Waals surface area contributed by atoms with Crippen LogP contribution in [0, 0.1) is 0 Å². The molecule has 0 aromatic heterocycles. The average Bonchev–Trinajstić information content (AvgIpc) is 2.55. The van der Waals surface area contributed by atoms with Crippen LogP contribution in [0.5, 0.6) is 0 Å². The molecular weight excluding hydrogens is 167 g/mol. The normalized spacial score (nSPS) is 16.1. The van der Waals surface area contributed by atoms with Gasteiger partial charge in [-0.1, -0.05) is 61.1 Å². The van der Waals surface area contributed by atoms with E-state index in [1.165, 1.54) is 5.47 Å². The lowest BCUT2D eigenvalue weighted by molar-refractivity contribution is 1.55. The molecule has 1 aliphatic rings. The van der Waals surface area contributed by atoms with Crippen molar-refractivity contribution in [3.63, 3.8) is 0 Å². The maximum atomic E-state index is 3.81. The third-order valence-electron chi connectivity index (χ3n) is 2.20. The second kappa shape index (κ2) is 4.66. The van der Waals surface area contributed by atoms with Gasteiger partial charge in [0.05, 0.1) is 0 Å². The minimum absolute atomic E-state index is 1.11. The largest absolute Gasteiger partial charge is 0.192 e. The van der Waals surface area contributed by atoms with E-state index in [1.54, 1.807) is 0 Å². The van der Waals surface area contributed by atoms with Crippen LogP contribution in [0.25, 0.3) is 0 Å². The number of rotatable bonds is 4. The Labute approximate surface area is 87.0 Å². The summed E-state index contributed by atoms with van der Waals surface area (Å²) in [6.07, 6.45) is 9.64.